The molecule has 2 heterocycles. The molecule has 10 nitrogen and oxygen atoms in total. The molecule has 0 radical (unpaired) electrons. The van der Waals surface area contributed by atoms with Crippen molar-refractivity contribution < 1.29 is 38.9 Å². The molecular formula is C34H36N2O8. The second-order valence-electron chi connectivity index (χ2n) is 12.5. The van der Waals surface area contributed by atoms with Gasteiger partial charge in [0.2, 0.25) is 23.6 Å². The molecular weight excluding hydrogens is 564 g/mol. The van der Waals surface area contributed by atoms with Crippen LogP contribution in [-0.2, 0) is 24.0 Å². The fourth-order valence-electron chi connectivity index (χ4n) is 8.13. The van der Waals surface area contributed by atoms with Crippen molar-refractivity contribution in [3.63, 3.8) is 0 Å². The predicted octanol–water partition coefficient (Wildman–Crippen LogP) is 4.28. The number of carbonyl (C=O) groups excluding carboxylic acids is 4. The van der Waals surface area contributed by atoms with Crippen LogP contribution >= 0.6 is 0 Å². The Morgan fingerprint density at radius 1 is 0.977 bits per heavy atom. The summed E-state index contributed by atoms with van der Waals surface area (Å²) in [5, 5.41) is 19.2. The summed E-state index contributed by atoms with van der Waals surface area (Å²) in [5.74, 6) is -4.75. The van der Waals surface area contributed by atoms with Gasteiger partial charge in [-0.1, -0.05) is 42.3 Å². The smallest absolute Gasteiger partial charge is 0.303 e. The number of carboxylic acid groups (broad SMARTS) is 1. The average molecular weight is 601 g/mol. The largest absolute Gasteiger partial charge is 0.508 e. The number of nitrogens with zero attached hydrogens (tertiary/aromatic N) is 2. The number of phenolic OH excluding ortho intramolecular Hbond substituents is 1. The quantitative estimate of drug-likeness (QED) is 0.247. The number of hydrogen-bond donors (Lipinski definition) is 2. The summed E-state index contributed by atoms with van der Waals surface area (Å²) in [6, 6.07) is 13.5. The zero-order valence-electron chi connectivity index (χ0n) is 24.8. The SMILES string of the molecule is COc1cc(O)ccc1C1C2=CCC3C(=O)N(CCCCCC(=O)O)C(=O)C3C2CC2C(=O)N(c3ccccc3)C(=O)C21C. The first-order valence-corrected chi connectivity index (χ1v) is 15.2. The van der Waals surface area contributed by atoms with Gasteiger partial charge in [0.25, 0.3) is 0 Å². The first kappa shape index (κ1) is 29.6. The lowest BCUT2D eigenvalue weighted by molar-refractivity contribution is -0.141. The Bertz CT molecular complexity index is 1570. The Hall–Kier alpha value is -4.47. The molecule has 4 aliphatic rings. The van der Waals surface area contributed by atoms with Crippen LogP contribution in [0.5, 0.6) is 11.5 Å². The average Bonchev–Trinajstić information content (AvgIpc) is 3.36. The number of likely N-dealkylation sites (tertiary alicyclic amines) is 1. The number of hydrogen-bond acceptors (Lipinski definition) is 7. The van der Waals surface area contributed by atoms with E-state index in [0.29, 0.717) is 42.7 Å². The number of rotatable bonds is 9. The second kappa shape index (κ2) is 11.2. The van der Waals surface area contributed by atoms with Crippen LogP contribution in [0.3, 0.4) is 0 Å². The van der Waals surface area contributed by atoms with Crippen molar-refractivity contribution in [3.8, 4) is 11.5 Å². The number of ether oxygens (including phenoxy) is 1. The third kappa shape index (κ3) is 4.50. The molecule has 230 valence electrons. The third-order valence-corrected chi connectivity index (χ3v) is 10.2. The van der Waals surface area contributed by atoms with E-state index in [2.05, 4.69) is 0 Å². The number of amides is 4. The van der Waals surface area contributed by atoms with Gasteiger partial charge in [-0.25, -0.2) is 4.90 Å². The molecule has 2 aromatic rings. The van der Waals surface area contributed by atoms with E-state index in [1.54, 1.807) is 30.3 Å². The van der Waals surface area contributed by atoms with Gasteiger partial charge < -0.3 is 14.9 Å². The van der Waals surface area contributed by atoms with E-state index in [0.717, 1.165) is 5.57 Å². The number of aliphatic carboxylic acids is 1. The molecule has 10 heteroatoms. The standard InChI is InChI=1S/C34H36N2O8/c1-34-25(31(41)36(33(34)43)19-9-5-3-6-10-19)18-24-21(29(34)22-13-12-20(37)17-26(22)44-2)14-15-23-28(24)32(42)35(30(23)40)16-8-4-7-11-27(38)39/h3,5-6,9-10,12-14,17,23-25,28-29,37H,4,7-8,11,15-16,18H2,1-2H3,(H,38,39). The van der Waals surface area contributed by atoms with Gasteiger partial charge >= 0.3 is 5.97 Å². The normalized spacial score (nSPS) is 29.3. The van der Waals surface area contributed by atoms with Crippen molar-refractivity contribution in [1.29, 1.82) is 0 Å². The number of imide groups is 2. The lowest BCUT2D eigenvalue weighted by Gasteiger charge is -2.49. The summed E-state index contributed by atoms with van der Waals surface area (Å²) in [6.07, 6.45) is 4.17. The van der Waals surface area contributed by atoms with Crippen molar-refractivity contribution >= 4 is 35.3 Å². The lowest BCUT2D eigenvalue weighted by Crippen LogP contribution is -2.49. The number of carbonyl (C=O) groups is 5. The number of fused-ring (bicyclic) bond motifs is 4. The van der Waals surface area contributed by atoms with Gasteiger partial charge in [0, 0.05) is 30.5 Å². The van der Waals surface area contributed by atoms with E-state index >= 15 is 0 Å². The molecule has 2 saturated heterocycles. The van der Waals surface area contributed by atoms with E-state index in [1.165, 1.54) is 29.0 Å². The van der Waals surface area contributed by atoms with Crippen molar-refractivity contribution in [2.75, 3.05) is 18.6 Å². The third-order valence-electron chi connectivity index (χ3n) is 10.2. The molecule has 3 fully saturated rings. The maximum absolute atomic E-state index is 14.4. The molecule has 1 saturated carbocycles. The number of para-hydroxylation sites is 1. The van der Waals surface area contributed by atoms with Crippen molar-refractivity contribution in [2.24, 2.45) is 29.1 Å². The summed E-state index contributed by atoms with van der Waals surface area (Å²) in [6.45, 7) is 2.04. The van der Waals surface area contributed by atoms with Crippen LogP contribution in [0.4, 0.5) is 5.69 Å². The van der Waals surface area contributed by atoms with Crippen LogP contribution in [0.2, 0.25) is 0 Å². The minimum absolute atomic E-state index is 0.00680. The van der Waals surface area contributed by atoms with Crippen LogP contribution in [0.25, 0.3) is 0 Å². The van der Waals surface area contributed by atoms with Crippen molar-refractivity contribution in [3.05, 3.63) is 65.7 Å². The number of aromatic hydroxyl groups is 1. The number of anilines is 1. The molecule has 4 amide bonds. The van der Waals surface area contributed by atoms with Crippen molar-refractivity contribution in [1.82, 2.24) is 4.90 Å². The van der Waals surface area contributed by atoms with E-state index < -0.39 is 41.0 Å². The second-order valence-corrected chi connectivity index (χ2v) is 12.5. The Balaban J connectivity index is 1.40. The number of carboxylic acids is 1. The van der Waals surface area contributed by atoms with Crippen LogP contribution in [0.1, 0.15) is 56.9 Å². The summed E-state index contributed by atoms with van der Waals surface area (Å²) < 4.78 is 5.68. The van der Waals surface area contributed by atoms with Gasteiger partial charge in [-0.3, -0.25) is 28.9 Å². The number of benzene rings is 2. The molecule has 2 aliphatic heterocycles. The van der Waals surface area contributed by atoms with Crippen LogP contribution in [0, 0.1) is 29.1 Å². The monoisotopic (exact) mass is 600 g/mol. The summed E-state index contributed by atoms with van der Waals surface area (Å²) >= 11 is 0. The molecule has 6 rings (SSSR count). The highest BCUT2D eigenvalue weighted by atomic mass is 16.5. The molecule has 2 aliphatic carbocycles. The van der Waals surface area contributed by atoms with Gasteiger partial charge in [-0.05, 0) is 56.7 Å². The minimum atomic E-state index is -1.21. The summed E-state index contributed by atoms with van der Waals surface area (Å²) in [5.41, 5.74) is 0.748. The molecule has 2 N–H and O–H groups in total. The Labute approximate surface area is 255 Å². The first-order valence-electron chi connectivity index (χ1n) is 15.2. The highest BCUT2D eigenvalue weighted by Gasteiger charge is 2.67. The molecule has 44 heavy (non-hydrogen) atoms. The van der Waals surface area contributed by atoms with E-state index in [9.17, 15) is 29.1 Å². The fraction of sp³-hybridized carbons (Fsp3) is 0.441. The topological polar surface area (TPSA) is 142 Å². The lowest BCUT2D eigenvalue weighted by atomic mass is 9.51. The Morgan fingerprint density at radius 2 is 1.73 bits per heavy atom. The fourth-order valence-corrected chi connectivity index (χ4v) is 8.13. The number of allylic oxidation sites excluding steroid dienone is 2. The van der Waals surface area contributed by atoms with Gasteiger partial charge in [0.1, 0.15) is 11.5 Å². The maximum atomic E-state index is 14.4. The zero-order valence-corrected chi connectivity index (χ0v) is 24.8. The summed E-state index contributed by atoms with van der Waals surface area (Å²) in [7, 11) is 1.48. The van der Waals surface area contributed by atoms with E-state index in [4.69, 9.17) is 9.84 Å². The molecule has 6 unspecified atom stereocenters. The first-order chi connectivity index (χ1) is 21.1. The van der Waals surface area contributed by atoms with Gasteiger partial charge in [-0.2, -0.15) is 0 Å². The van der Waals surface area contributed by atoms with E-state index in [1.807, 2.05) is 19.1 Å². The highest BCUT2D eigenvalue weighted by molar-refractivity contribution is 6.24. The molecule has 6 atom stereocenters. The predicted molar refractivity (Wildman–Crippen MR) is 159 cm³/mol. The van der Waals surface area contributed by atoms with Crippen molar-refractivity contribution in [2.45, 2.75) is 51.4 Å². The highest BCUT2D eigenvalue weighted by Crippen LogP contribution is 2.64. The Morgan fingerprint density at radius 3 is 2.43 bits per heavy atom. The van der Waals surface area contributed by atoms with Gasteiger partial charge in [0.15, 0.2) is 0 Å². The molecule has 2 aromatic carbocycles. The number of phenols is 1. The summed E-state index contributed by atoms with van der Waals surface area (Å²) in [4.78, 5) is 69.5. The van der Waals surface area contributed by atoms with Crippen LogP contribution in [-0.4, -0.2) is 58.4 Å². The Kier molecular flexibility index (Phi) is 7.55. The molecule has 0 bridgehead atoms. The van der Waals surface area contributed by atoms with Gasteiger partial charge in [-0.15, -0.1) is 0 Å². The molecule has 0 spiro atoms. The minimum Gasteiger partial charge on any atom is -0.508 e. The van der Waals surface area contributed by atoms with Crippen LogP contribution in [0.15, 0.2) is 60.2 Å². The van der Waals surface area contributed by atoms with E-state index in [-0.39, 0.29) is 48.8 Å². The number of unbranched alkanes of at least 4 members (excludes halogenated alkanes) is 2. The number of methoxy groups -OCH3 is 1. The molecule has 0 aromatic heterocycles. The van der Waals surface area contributed by atoms with Gasteiger partial charge in [0.05, 0.1) is 36.0 Å². The zero-order chi connectivity index (χ0) is 31.3. The van der Waals surface area contributed by atoms with Crippen LogP contribution < -0.4 is 9.64 Å². The maximum Gasteiger partial charge on any atom is 0.303 e.